The summed E-state index contributed by atoms with van der Waals surface area (Å²) in [5.74, 6) is 0. The van der Waals surface area contributed by atoms with Crippen LogP contribution in [0.1, 0.15) is 37.6 Å². The Morgan fingerprint density at radius 2 is 2.21 bits per heavy atom. The van der Waals surface area contributed by atoms with Gasteiger partial charge in [0.1, 0.15) is 0 Å². The van der Waals surface area contributed by atoms with E-state index in [-0.39, 0.29) is 5.56 Å². The van der Waals surface area contributed by atoms with Gasteiger partial charge in [0.25, 0.3) is 5.56 Å². The Bertz CT molecular complexity index is 627. The molecule has 0 aliphatic heterocycles. The van der Waals surface area contributed by atoms with Gasteiger partial charge < -0.3 is 10.3 Å². The lowest BCUT2D eigenvalue weighted by atomic mass is 10.2. The second-order valence-electron chi connectivity index (χ2n) is 4.92. The van der Waals surface area contributed by atoms with Crippen LogP contribution in [-0.2, 0) is 6.54 Å². The molecule has 2 rings (SSSR count). The van der Waals surface area contributed by atoms with Crippen LogP contribution in [0.15, 0.2) is 29.3 Å². The second-order valence-corrected chi connectivity index (χ2v) is 4.92. The fraction of sp³-hybridized carbons (Fsp3) is 0.429. The zero-order valence-electron chi connectivity index (χ0n) is 11.6. The molecule has 2 aromatic rings. The van der Waals surface area contributed by atoms with E-state index >= 15 is 0 Å². The Morgan fingerprint density at radius 3 is 2.89 bits per heavy atom. The highest BCUT2D eigenvalue weighted by Gasteiger charge is 2.07. The molecule has 0 amide bonds. The first-order valence-electron chi connectivity index (χ1n) is 6.52. The van der Waals surface area contributed by atoms with Crippen molar-refractivity contribution in [3.63, 3.8) is 0 Å². The number of anilines is 1. The van der Waals surface area contributed by atoms with Gasteiger partial charge in [-0.3, -0.25) is 9.48 Å². The zero-order chi connectivity index (χ0) is 14.0. The molecule has 19 heavy (non-hydrogen) atoms. The summed E-state index contributed by atoms with van der Waals surface area (Å²) in [6, 6.07) is 3.86. The molecular weight excluding hydrogens is 240 g/mol. The summed E-state index contributed by atoms with van der Waals surface area (Å²) < 4.78 is 3.52. The van der Waals surface area contributed by atoms with Crippen LogP contribution in [-0.4, -0.2) is 14.3 Å². The van der Waals surface area contributed by atoms with Gasteiger partial charge >= 0.3 is 0 Å². The van der Waals surface area contributed by atoms with Gasteiger partial charge in [-0.05, 0) is 31.9 Å². The van der Waals surface area contributed by atoms with Crippen molar-refractivity contribution in [1.29, 1.82) is 0 Å². The maximum Gasteiger partial charge on any atom is 0.251 e. The molecule has 0 spiro atoms. The molecule has 102 valence electrons. The predicted octanol–water partition coefficient (Wildman–Crippen LogP) is 1.95. The van der Waals surface area contributed by atoms with Crippen molar-refractivity contribution in [2.24, 2.45) is 0 Å². The molecule has 5 heteroatoms. The molecule has 0 fully saturated rings. The lowest BCUT2D eigenvalue weighted by molar-refractivity contribution is 0.472. The number of rotatable bonds is 4. The number of hydrogen-bond acceptors (Lipinski definition) is 3. The van der Waals surface area contributed by atoms with E-state index < -0.39 is 0 Å². The zero-order valence-corrected chi connectivity index (χ0v) is 11.6. The van der Waals surface area contributed by atoms with Gasteiger partial charge in [0.2, 0.25) is 0 Å². The molecular formula is C14H20N4O. The molecule has 0 radical (unpaired) electrons. The first-order valence-corrected chi connectivity index (χ1v) is 6.52. The Morgan fingerprint density at radius 1 is 1.47 bits per heavy atom. The predicted molar refractivity (Wildman–Crippen MR) is 76.2 cm³/mol. The highest BCUT2D eigenvalue weighted by molar-refractivity contribution is 5.43. The minimum Gasteiger partial charge on any atom is -0.397 e. The van der Waals surface area contributed by atoms with Gasteiger partial charge in [-0.15, -0.1) is 0 Å². The van der Waals surface area contributed by atoms with E-state index in [1.54, 1.807) is 16.8 Å². The molecule has 0 aliphatic rings. The van der Waals surface area contributed by atoms with E-state index in [9.17, 15) is 4.79 Å². The van der Waals surface area contributed by atoms with Crippen molar-refractivity contribution in [2.75, 3.05) is 5.73 Å². The Balaban J connectivity index is 2.24. The van der Waals surface area contributed by atoms with Crippen molar-refractivity contribution < 1.29 is 0 Å². The van der Waals surface area contributed by atoms with E-state index in [2.05, 4.69) is 18.9 Å². The summed E-state index contributed by atoms with van der Waals surface area (Å²) in [5, 5.41) is 4.49. The average Bonchev–Trinajstić information content (AvgIpc) is 2.83. The summed E-state index contributed by atoms with van der Waals surface area (Å²) in [5.41, 5.74) is 8.09. The number of nitrogen functional groups attached to an aromatic ring is 1. The summed E-state index contributed by atoms with van der Waals surface area (Å²) >= 11 is 0. The summed E-state index contributed by atoms with van der Waals surface area (Å²) in [6.07, 6.45) is 4.66. The van der Waals surface area contributed by atoms with Crippen LogP contribution in [0.5, 0.6) is 0 Å². The summed E-state index contributed by atoms with van der Waals surface area (Å²) in [4.78, 5) is 11.9. The second kappa shape index (κ2) is 5.30. The van der Waals surface area contributed by atoms with E-state index in [0.717, 1.165) is 17.7 Å². The van der Waals surface area contributed by atoms with Crippen LogP contribution in [0, 0.1) is 6.92 Å². The molecule has 1 unspecified atom stereocenters. The molecule has 1 atom stereocenters. The fourth-order valence-electron chi connectivity index (χ4n) is 1.88. The molecule has 0 saturated carbocycles. The van der Waals surface area contributed by atoms with E-state index in [1.807, 2.05) is 23.9 Å². The van der Waals surface area contributed by atoms with Crippen molar-refractivity contribution in [2.45, 2.75) is 39.8 Å². The smallest absolute Gasteiger partial charge is 0.251 e. The standard InChI is InChI=1S/C14H20N4O/c1-4-11(3)18-6-5-12(16-18)8-17-9-13(15)10(2)7-14(17)19/h5-7,9,11H,4,8,15H2,1-3H3. The maximum absolute atomic E-state index is 11.9. The van der Waals surface area contributed by atoms with Gasteiger partial charge in [0.05, 0.1) is 17.9 Å². The first kappa shape index (κ1) is 13.4. The minimum absolute atomic E-state index is 0.0511. The van der Waals surface area contributed by atoms with Crippen LogP contribution < -0.4 is 11.3 Å². The lowest BCUT2D eigenvalue weighted by Crippen LogP contribution is -2.21. The highest BCUT2D eigenvalue weighted by Crippen LogP contribution is 2.11. The van der Waals surface area contributed by atoms with Gasteiger partial charge in [0.15, 0.2) is 0 Å². The Hall–Kier alpha value is -2.04. The fourth-order valence-corrected chi connectivity index (χ4v) is 1.88. The summed E-state index contributed by atoms with van der Waals surface area (Å²) in [6.45, 7) is 6.52. The third-order valence-electron chi connectivity index (χ3n) is 3.41. The highest BCUT2D eigenvalue weighted by atomic mass is 16.1. The number of nitrogens with zero attached hydrogens (tertiary/aromatic N) is 3. The average molecular weight is 260 g/mol. The number of hydrogen-bond donors (Lipinski definition) is 1. The molecule has 5 nitrogen and oxygen atoms in total. The summed E-state index contributed by atoms with van der Waals surface area (Å²) in [7, 11) is 0. The van der Waals surface area contributed by atoms with E-state index in [1.165, 1.54) is 0 Å². The van der Waals surface area contributed by atoms with Crippen LogP contribution in [0.4, 0.5) is 5.69 Å². The minimum atomic E-state index is -0.0511. The number of aromatic nitrogens is 3. The molecule has 0 saturated heterocycles. The lowest BCUT2D eigenvalue weighted by Gasteiger charge is -2.09. The Kier molecular flexibility index (Phi) is 3.74. The largest absolute Gasteiger partial charge is 0.397 e. The van der Waals surface area contributed by atoms with Crippen LogP contribution in [0.25, 0.3) is 0 Å². The van der Waals surface area contributed by atoms with Gasteiger partial charge in [-0.1, -0.05) is 6.92 Å². The number of pyridine rings is 1. The molecule has 0 bridgehead atoms. The van der Waals surface area contributed by atoms with Crippen LogP contribution >= 0.6 is 0 Å². The van der Waals surface area contributed by atoms with Crippen LogP contribution in [0.3, 0.4) is 0 Å². The third kappa shape index (κ3) is 2.86. The molecule has 0 aliphatic carbocycles. The molecule has 2 heterocycles. The van der Waals surface area contributed by atoms with Crippen molar-refractivity contribution in [3.8, 4) is 0 Å². The van der Waals surface area contributed by atoms with E-state index in [4.69, 9.17) is 5.73 Å². The quantitative estimate of drug-likeness (QED) is 0.913. The molecule has 2 aromatic heterocycles. The molecule has 0 aromatic carbocycles. The molecule has 2 N–H and O–H groups in total. The van der Waals surface area contributed by atoms with Crippen molar-refractivity contribution in [3.05, 3.63) is 46.1 Å². The topological polar surface area (TPSA) is 65.8 Å². The maximum atomic E-state index is 11.9. The van der Waals surface area contributed by atoms with Crippen LogP contribution in [0.2, 0.25) is 0 Å². The Labute approximate surface area is 112 Å². The van der Waals surface area contributed by atoms with Crippen molar-refractivity contribution in [1.82, 2.24) is 14.3 Å². The first-order chi connectivity index (χ1) is 9.01. The van der Waals surface area contributed by atoms with Gasteiger partial charge in [-0.2, -0.15) is 5.10 Å². The number of aryl methyl sites for hydroxylation is 1. The van der Waals surface area contributed by atoms with E-state index in [0.29, 0.717) is 18.3 Å². The number of nitrogens with two attached hydrogens (primary N) is 1. The normalized spacial score (nSPS) is 12.6. The SMILES string of the molecule is CCC(C)n1ccc(Cn2cc(N)c(C)cc2=O)n1. The van der Waals surface area contributed by atoms with Crippen molar-refractivity contribution >= 4 is 5.69 Å². The monoisotopic (exact) mass is 260 g/mol. The third-order valence-corrected chi connectivity index (χ3v) is 3.41. The van der Waals surface area contributed by atoms with Gasteiger partial charge in [0, 0.05) is 24.5 Å². The van der Waals surface area contributed by atoms with Gasteiger partial charge in [-0.25, -0.2) is 0 Å².